The first kappa shape index (κ1) is 22.0. The van der Waals surface area contributed by atoms with E-state index in [1.807, 2.05) is 17.9 Å². The molecule has 2 aliphatic heterocycles. The first-order valence-corrected chi connectivity index (χ1v) is 13.4. The van der Waals surface area contributed by atoms with E-state index in [0.717, 1.165) is 48.4 Å². The minimum Gasteiger partial charge on any atom is -0.351 e. The van der Waals surface area contributed by atoms with Gasteiger partial charge in [-0.1, -0.05) is 32.1 Å². The Labute approximate surface area is 194 Å². The van der Waals surface area contributed by atoms with Crippen LogP contribution in [-0.4, -0.2) is 63.9 Å². The number of rotatable bonds is 5. The third-order valence-electron chi connectivity index (χ3n) is 7.82. The number of thiophene rings is 1. The highest BCUT2D eigenvalue weighted by Crippen LogP contribution is 2.34. The third kappa shape index (κ3) is 4.10. The summed E-state index contributed by atoms with van der Waals surface area (Å²) in [6.45, 7) is 6.14. The predicted octanol–water partition coefficient (Wildman–Crippen LogP) is 4.24. The van der Waals surface area contributed by atoms with Crippen LogP contribution in [0.1, 0.15) is 75.2 Å². The van der Waals surface area contributed by atoms with Crippen LogP contribution in [0.2, 0.25) is 0 Å². The molecule has 32 heavy (non-hydrogen) atoms. The van der Waals surface area contributed by atoms with Gasteiger partial charge in [-0.2, -0.15) is 0 Å². The second-order valence-electron chi connectivity index (χ2n) is 10.1. The summed E-state index contributed by atoms with van der Waals surface area (Å²) in [7, 11) is 0. The standard InChI is InChI=1S/C25H36N4O2S/c1-25(24(31)26-19-9-5-4-6-10-19)18-28-20-11-16-32-22(20)17-21(28)23(30)29(25)15-14-27-12-7-2-3-8-13-27/h11,16-17,19H,2-10,12-15,18H2,1H3,(H,26,31)/t25-/m0/s1. The summed E-state index contributed by atoms with van der Waals surface area (Å²) in [6.07, 6.45) is 10.8. The minimum atomic E-state index is -0.874. The average Bonchev–Trinajstić information content (AvgIpc) is 3.28. The summed E-state index contributed by atoms with van der Waals surface area (Å²) >= 11 is 1.66. The fraction of sp³-hybridized carbons (Fsp3) is 0.680. The molecule has 5 rings (SSSR count). The molecular formula is C25H36N4O2S. The molecule has 0 spiro atoms. The highest BCUT2D eigenvalue weighted by molar-refractivity contribution is 7.17. The van der Waals surface area contributed by atoms with Crippen LogP contribution in [0.15, 0.2) is 17.5 Å². The lowest BCUT2D eigenvalue weighted by Crippen LogP contribution is -2.65. The molecule has 1 aliphatic carbocycles. The molecule has 3 aliphatic rings. The predicted molar refractivity (Wildman–Crippen MR) is 129 cm³/mol. The van der Waals surface area contributed by atoms with Crippen molar-refractivity contribution >= 4 is 33.4 Å². The number of carbonyl (C=O) groups excluding carboxylic acids is 2. The van der Waals surface area contributed by atoms with Crippen LogP contribution in [0.4, 0.5) is 0 Å². The number of nitrogens with one attached hydrogen (secondary N) is 1. The number of nitrogens with zero attached hydrogens (tertiary/aromatic N) is 3. The van der Waals surface area contributed by atoms with Gasteiger partial charge in [0.05, 0.1) is 16.8 Å². The second-order valence-corrected chi connectivity index (χ2v) is 11.0. The molecule has 2 fully saturated rings. The summed E-state index contributed by atoms with van der Waals surface area (Å²) < 4.78 is 3.20. The van der Waals surface area contributed by atoms with Gasteiger partial charge in [0.2, 0.25) is 5.91 Å². The second kappa shape index (κ2) is 9.18. The Morgan fingerprint density at radius 2 is 1.81 bits per heavy atom. The van der Waals surface area contributed by atoms with Crippen molar-refractivity contribution in [3.63, 3.8) is 0 Å². The molecular weight excluding hydrogens is 420 g/mol. The maximum absolute atomic E-state index is 13.7. The van der Waals surface area contributed by atoms with E-state index in [9.17, 15) is 9.59 Å². The van der Waals surface area contributed by atoms with Gasteiger partial charge >= 0.3 is 0 Å². The van der Waals surface area contributed by atoms with Crippen LogP contribution in [0, 0.1) is 0 Å². The molecule has 2 amide bonds. The van der Waals surface area contributed by atoms with Crippen molar-refractivity contribution < 1.29 is 9.59 Å². The molecule has 1 saturated heterocycles. The number of likely N-dealkylation sites (tertiary alicyclic amines) is 1. The average molecular weight is 457 g/mol. The lowest BCUT2D eigenvalue weighted by Gasteiger charge is -2.45. The van der Waals surface area contributed by atoms with Gasteiger partial charge in [0, 0.05) is 19.1 Å². The van der Waals surface area contributed by atoms with Crippen LogP contribution >= 0.6 is 11.3 Å². The van der Waals surface area contributed by atoms with E-state index in [2.05, 4.69) is 26.2 Å². The smallest absolute Gasteiger partial charge is 0.271 e. The highest BCUT2D eigenvalue weighted by Gasteiger charge is 2.48. The monoisotopic (exact) mass is 456 g/mol. The molecule has 0 radical (unpaired) electrons. The Morgan fingerprint density at radius 3 is 2.56 bits per heavy atom. The maximum atomic E-state index is 13.7. The maximum Gasteiger partial charge on any atom is 0.271 e. The first-order chi connectivity index (χ1) is 15.6. The number of hydrogen-bond acceptors (Lipinski definition) is 4. The van der Waals surface area contributed by atoms with E-state index in [-0.39, 0.29) is 17.9 Å². The molecule has 0 unspecified atom stereocenters. The molecule has 1 N–H and O–H groups in total. The van der Waals surface area contributed by atoms with Gasteiger partial charge < -0.3 is 19.7 Å². The third-order valence-corrected chi connectivity index (χ3v) is 8.67. The van der Waals surface area contributed by atoms with E-state index in [0.29, 0.717) is 13.1 Å². The highest BCUT2D eigenvalue weighted by atomic mass is 32.1. The van der Waals surface area contributed by atoms with Crippen molar-refractivity contribution in [2.45, 2.75) is 82.8 Å². The SMILES string of the molecule is C[C@@]1(C(=O)NC2CCCCC2)Cn2c(cc3sccc32)C(=O)N1CCN1CCCCCC1. The van der Waals surface area contributed by atoms with Crippen LogP contribution in [0.5, 0.6) is 0 Å². The van der Waals surface area contributed by atoms with Crippen LogP contribution in [-0.2, 0) is 11.3 Å². The van der Waals surface area contributed by atoms with Gasteiger partial charge in [-0.15, -0.1) is 11.3 Å². The van der Waals surface area contributed by atoms with Gasteiger partial charge in [-0.05, 0) is 63.2 Å². The zero-order chi connectivity index (χ0) is 22.1. The van der Waals surface area contributed by atoms with E-state index < -0.39 is 5.54 Å². The fourth-order valence-electron chi connectivity index (χ4n) is 5.81. The van der Waals surface area contributed by atoms with Crippen molar-refractivity contribution in [2.75, 3.05) is 26.2 Å². The summed E-state index contributed by atoms with van der Waals surface area (Å²) in [5, 5.41) is 5.40. The van der Waals surface area contributed by atoms with Gasteiger partial charge in [-0.25, -0.2) is 0 Å². The number of hydrogen-bond donors (Lipinski definition) is 1. The summed E-state index contributed by atoms with van der Waals surface area (Å²) in [4.78, 5) is 31.8. The molecule has 0 aromatic carbocycles. The zero-order valence-corrected chi connectivity index (χ0v) is 20.1. The van der Waals surface area contributed by atoms with E-state index in [4.69, 9.17) is 0 Å². The Morgan fingerprint density at radius 1 is 1.09 bits per heavy atom. The quantitative estimate of drug-likeness (QED) is 0.732. The Balaban J connectivity index is 1.42. The largest absolute Gasteiger partial charge is 0.351 e. The molecule has 2 aromatic rings. The Hall–Kier alpha value is -1.86. The van der Waals surface area contributed by atoms with Crippen molar-refractivity contribution in [2.24, 2.45) is 0 Å². The van der Waals surface area contributed by atoms with Crippen molar-refractivity contribution in [3.05, 3.63) is 23.2 Å². The lowest BCUT2D eigenvalue weighted by molar-refractivity contribution is -0.133. The Bertz CT molecular complexity index is 968. The molecule has 1 saturated carbocycles. The Kier molecular flexibility index (Phi) is 6.30. The lowest BCUT2D eigenvalue weighted by atomic mass is 9.91. The van der Waals surface area contributed by atoms with Crippen molar-refractivity contribution in [1.29, 1.82) is 0 Å². The summed E-state index contributed by atoms with van der Waals surface area (Å²) in [5.41, 5.74) is 0.925. The van der Waals surface area contributed by atoms with Crippen LogP contribution in [0.25, 0.3) is 10.2 Å². The molecule has 2 aromatic heterocycles. The molecule has 4 heterocycles. The minimum absolute atomic E-state index is 0.00392. The molecule has 174 valence electrons. The summed E-state index contributed by atoms with van der Waals surface area (Å²) in [5.74, 6) is 0.00659. The number of amides is 2. The first-order valence-electron chi connectivity index (χ1n) is 12.5. The topological polar surface area (TPSA) is 57.6 Å². The molecule has 0 bridgehead atoms. The molecule has 6 nitrogen and oxygen atoms in total. The van der Waals surface area contributed by atoms with Gasteiger partial charge in [0.15, 0.2) is 0 Å². The fourth-order valence-corrected chi connectivity index (χ4v) is 6.63. The van der Waals surface area contributed by atoms with E-state index >= 15 is 0 Å². The van der Waals surface area contributed by atoms with E-state index in [1.54, 1.807) is 11.3 Å². The van der Waals surface area contributed by atoms with Crippen LogP contribution < -0.4 is 5.32 Å². The number of carbonyl (C=O) groups is 2. The van der Waals surface area contributed by atoms with Crippen LogP contribution in [0.3, 0.4) is 0 Å². The normalized spacial score (nSPS) is 25.7. The van der Waals surface area contributed by atoms with E-state index in [1.165, 1.54) is 44.9 Å². The molecule has 7 heteroatoms. The zero-order valence-electron chi connectivity index (χ0n) is 19.3. The van der Waals surface area contributed by atoms with Gasteiger partial charge in [0.1, 0.15) is 11.2 Å². The number of aromatic nitrogens is 1. The van der Waals surface area contributed by atoms with Gasteiger partial charge in [-0.3, -0.25) is 9.59 Å². The van der Waals surface area contributed by atoms with Crippen molar-refractivity contribution in [1.82, 2.24) is 19.7 Å². The summed E-state index contributed by atoms with van der Waals surface area (Å²) in [6, 6.07) is 4.33. The van der Waals surface area contributed by atoms with Crippen molar-refractivity contribution in [3.8, 4) is 0 Å². The molecule has 1 atom stereocenters. The number of fused-ring (bicyclic) bond motifs is 3. The van der Waals surface area contributed by atoms with Gasteiger partial charge in [0.25, 0.3) is 5.91 Å².